The molecule has 1 unspecified atom stereocenters. The lowest BCUT2D eigenvalue weighted by molar-refractivity contribution is -0.137. The molecule has 1 atom stereocenters. The largest absolute Gasteiger partial charge is 0.416 e. The first-order valence-corrected chi connectivity index (χ1v) is 9.02. The van der Waals surface area contributed by atoms with E-state index < -0.39 is 16.6 Å². The molecule has 0 fully saturated rings. The Hall–Kier alpha value is -1.79. The Morgan fingerprint density at radius 2 is 1.92 bits per heavy atom. The minimum atomic E-state index is -4.48. The van der Waals surface area contributed by atoms with Gasteiger partial charge in [-0.1, -0.05) is 57.9 Å². The zero-order valence-electron chi connectivity index (χ0n) is 13.8. The van der Waals surface area contributed by atoms with Crippen LogP contribution < -0.4 is 4.90 Å². The van der Waals surface area contributed by atoms with Gasteiger partial charge in [0.25, 0.3) is 0 Å². The van der Waals surface area contributed by atoms with Crippen molar-refractivity contribution >= 4 is 39.1 Å². The number of carbonyl (C=O) groups is 1. The van der Waals surface area contributed by atoms with E-state index in [2.05, 4.69) is 15.9 Å². The van der Waals surface area contributed by atoms with Crippen molar-refractivity contribution in [1.82, 2.24) is 0 Å². The van der Waals surface area contributed by atoms with E-state index in [-0.39, 0.29) is 18.1 Å². The van der Waals surface area contributed by atoms with E-state index in [0.717, 1.165) is 12.1 Å². The number of hydrogen-bond donors (Lipinski definition) is 0. The zero-order chi connectivity index (χ0) is 19.3. The number of anilines is 1. The summed E-state index contributed by atoms with van der Waals surface area (Å²) >= 11 is 9.30. The SMILES string of the molecule is CC=CCN(C(=O)C(Br)c1cccc(Cl)c1)c1cccc(C(F)(F)F)c1. The monoisotopic (exact) mass is 445 g/mol. The van der Waals surface area contributed by atoms with Crippen LogP contribution in [-0.4, -0.2) is 12.5 Å². The van der Waals surface area contributed by atoms with E-state index in [1.54, 1.807) is 43.3 Å². The van der Waals surface area contributed by atoms with Crippen LogP contribution >= 0.6 is 27.5 Å². The van der Waals surface area contributed by atoms with E-state index >= 15 is 0 Å². The number of rotatable bonds is 5. The van der Waals surface area contributed by atoms with Crippen LogP contribution in [0.25, 0.3) is 0 Å². The molecule has 0 aliphatic carbocycles. The lowest BCUT2D eigenvalue weighted by Crippen LogP contribution is -2.34. The highest BCUT2D eigenvalue weighted by Crippen LogP contribution is 2.34. The van der Waals surface area contributed by atoms with Crippen LogP contribution in [0.5, 0.6) is 0 Å². The van der Waals surface area contributed by atoms with Gasteiger partial charge in [0.2, 0.25) is 5.91 Å². The molecular weight excluding hydrogens is 431 g/mol. The van der Waals surface area contributed by atoms with E-state index in [1.165, 1.54) is 17.0 Å². The van der Waals surface area contributed by atoms with Gasteiger partial charge in [0.05, 0.1) is 5.56 Å². The van der Waals surface area contributed by atoms with Crippen molar-refractivity contribution in [2.45, 2.75) is 17.9 Å². The molecule has 2 nitrogen and oxygen atoms in total. The molecule has 138 valence electrons. The quantitative estimate of drug-likeness (QED) is 0.384. The molecule has 0 aromatic heterocycles. The fourth-order valence-electron chi connectivity index (χ4n) is 2.33. The summed E-state index contributed by atoms with van der Waals surface area (Å²) < 4.78 is 39.0. The van der Waals surface area contributed by atoms with Gasteiger partial charge in [0.1, 0.15) is 4.83 Å². The molecule has 0 aliphatic rings. The molecule has 2 aromatic carbocycles. The average Bonchev–Trinajstić information content (AvgIpc) is 2.60. The van der Waals surface area contributed by atoms with E-state index in [9.17, 15) is 18.0 Å². The number of benzene rings is 2. The van der Waals surface area contributed by atoms with Crippen LogP contribution in [-0.2, 0) is 11.0 Å². The topological polar surface area (TPSA) is 20.3 Å². The van der Waals surface area contributed by atoms with Crippen LogP contribution in [0.3, 0.4) is 0 Å². The molecule has 0 saturated carbocycles. The lowest BCUT2D eigenvalue weighted by Gasteiger charge is -2.25. The second kappa shape index (κ2) is 8.73. The maximum atomic E-state index is 13.0. The van der Waals surface area contributed by atoms with Gasteiger partial charge in [-0.05, 0) is 42.8 Å². The average molecular weight is 447 g/mol. The smallest absolute Gasteiger partial charge is 0.307 e. The summed E-state index contributed by atoms with van der Waals surface area (Å²) in [6.07, 6.45) is -1.04. The highest BCUT2D eigenvalue weighted by Gasteiger charge is 2.32. The van der Waals surface area contributed by atoms with Gasteiger partial charge in [-0.25, -0.2) is 0 Å². The molecule has 0 radical (unpaired) electrons. The maximum Gasteiger partial charge on any atom is 0.416 e. The molecule has 0 heterocycles. The fourth-order valence-corrected chi connectivity index (χ4v) is 3.06. The van der Waals surface area contributed by atoms with Crippen LogP contribution in [0.2, 0.25) is 5.02 Å². The molecule has 0 saturated heterocycles. The summed E-state index contributed by atoms with van der Waals surface area (Å²) in [5.74, 6) is -0.385. The van der Waals surface area contributed by atoms with Crippen molar-refractivity contribution in [2.75, 3.05) is 11.4 Å². The number of alkyl halides is 4. The summed E-state index contributed by atoms with van der Waals surface area (Å²) in [6.45, 7) is 1.93. The number of carbonyl (C=O) groups excluding carboxylic acids is 1. The van der Waals surface area contributed by atoms with Gasteiger partial charge < -0.3 is 4.90 Å². The van der Waals surface area contributed by atoms with Crippen LogP contribution in [0.15, 0.2) is 60.7 Å². The van der Waals surface area contributed by atoms with Gasteiger partial charge in [-0.3, -0.25) is 4.79 Å². The molecular formula is C19H16BrClF3NO. The number of hydrogen-bond acceptors (Lipinski definition) is 1. The van der Waals surface area contributed by atoms with Crippen molar-refractivity contribution in [3.8, 4) is 0 Å². The summed E-state index contributed by atoms with van der Waals surface area (Å²) in [5, 5.41) is 0.471. The normalized spacial score (nSPS) is 13.0. The predicted octanol–water partition coefficient (Wildman–Crippen LogP) is 6.40. The number of halogens is 5. The Balaban J connectivity index is 2.39. The van der Waals surface area contributed by atoms with E-state index in [4.69, 9.17) is 11.6 Å². The molecule has 0 aliphatic heterocycles. The first-order chi connectivity index (χ1) is 12.2. The summed E-state index contributed by atoms with van der Waals surface area (Å²) in [7, 11) is 0. The predicted molar refractivity (Wildman–Crippen MR) is 102 cm³/mol. The Morgan fingerprint density at radius 1 is 1.23 bits per heavy atom. The Bertz CT molecular complexity index is 807. The second-order valence-electron chi connectivity index (χ2n) is 5.48. The molecule has 2 rings (SSSR count). The van der Waals surface area contributed by atoms with Gasteiger partial charge in [0, 0.05) is 17.3 Å². The van der Waals surface area contributed by atoms with E-state index in [0.29, 0.717) is 10.6 Å². The fraction of sp³-hybridized carbons (Fsp3) is 0.211. The molecule has 2 aromatic rings. The molecule has 1 amide bonds. The highest BCUT2D eigenvalue weighted by molar-refractivity contribution is 9.09. The van der Waals surface area contributed by atoms with Crippen molar-refractivity contribution < 1.29 is 18.0 Å². The van der Waals surface area contributed by atoms with Gasteiger partial charge in [0.15, 0.2) is 0 Å². The van der Waals surface area contributed by atoms with E-state index in [1.807, 2.05) is 0 Å². The third-order valence-electron chi connectivity index (χ3n) is 3.63. The highest BCUT2D eigenvalue weighted by atomic mass is 79.9. The standard InChI is InChI=1S/C19H16BrClF3NO/c1-2-3-10-25(16-9-5-7-14(12-16)19(22,23)24)18(26)17(20)13-6-4-8-15(21)11-13/h2-9,11-12,17H,10H2,1H3. The third-order valence-corrected chi connectivity index (χ3v) is 4.79. The number of nitrogens with zero attached hydrogens (tertiary/aromatic N) is 1. The minimum Gasteiger partial charge on any atom is -0.307 e. The molecule has 7 heteroatoms. The van der Waals surface area contributed by atoms with Crippen molar-refractivity contribution in [3.63, 3.8) is 0 Å². The summed E-state index contributed by atoms with van der Waals surface area (Å²) in [6, 6.07) is 11.5. The lowest BCUT2D eigenvalue weighted by atomic mass is 10.1. The number of amides is 1. The first kappa shape index (κ1) is 20.5. The zero-order valence-corrected chi connectivity index (χ0v) is 16.1. The Labute approximate surface area is 163 Å². The van der Waals surface area contributed by atoms with Crippen molar-refractivity contribution in [1.29, 1.82) is 0 Å². The first-order valence-electron chi connectivity index (χ1n) is 7.73. The van der Waals surface area contributed by atoms with Crippen LogP contribution in [0.1, 0.15) is 22.9 Å². The van der Waals surface area contributed by atoms with Crippen molar-refractivity contribution in [3.05, 3.63) is 76.8 Å². The summed E-state index contributed by atoms with van der Waals surface area (Å²) in [5.41, 5.74) is -0.00323. The second-order valence-corrected chi connectivity index (χ2v) is 6.84. The van der Waals surface area contributed by atoms with Gasteiger partial charge in [-0.15, -0.1) is 0 Å². The van der Waals surface area contributed by atoms with Crippen LogP contribution in [0.4, 0.5) is 18.9 Å². The van der Waals surface area contributed by atoms with Crippen LogP contribution in [0, 0.1) is 0 Å². The Kier molecular flexibility index (Phi) is 6.89. The Morgan fingerprint density at radius 3 is 2.54 bits per heavy atom. The van der Waals surface area contributed by atoms with Crippen molar-refractivity contribution in [2.24, 2.45) is 0 Å². The third kappa shape index (κ3) is 5.11. The summed E-state index contributed by atoms with van der Waals surface area (Å²) in [4.78, 5) is 13.5. The minimum absolute atomic E-state index is 0.152. The maximum absolute atomic E-state index is 13.0. The van der Waals surface area contributed by atoms with Gasteiger partial charge >= 0.3 is 6.18 Å². The molecule has 26 heavy (non-hydrogen) atoms. The van der Waals surface area contributed by atoms with Gasteiger partial charge in [-0.2, -0.15) is 13.2 Å². The molecule has 0 N–H and O–H groups in total. The number of allylic oxidation sites excluding steroid dienone is 1. The molecule has 0 bridgehead atoms. The molecule has 0 spiro atoms.